The minimum absolute atomic E-state index is 0.0320. The van der Waals surface area contributed by atoms with Crippen LogP contribution in [0.4, 0.5) is 10.2 Å². The minimum Gasteiger partial charge on any atom is -0.395 e. The summed E-state index contributed by atoms with van der Waals surface area (Å²) in [7, 11) is 0. The number of nitrogens with zero attached hydrogens (tertiary/aromatic N) is 3. The largest absolute Gasteiger partial charge is 0.439 e. The molecule has 2 heterocycles. The topological polar surface area (TPSA) is 159 Å². The molecule has 1 aliphatic rings. The van der Waals surface area contributed by atoms with Crippen LogP contribution in [0.25, 0.3) is 11.5 Å². The van der Waals surface area contributed by atoms with Gasteiger partial charge in [0.2, 0.25) is 17.5 Å². The third-order valence-electron chi connectivity index (χ3n) is 3.84. The zero-order chi connectivity index (χ0) is 19.9. The minimum atomic E-state index is -0.746. The van der Waals surface area contributed by atoms with Crippen LogP contribution < -0.4 is 16.4 Å². The fourth-order valence-corrected chi connectivity index (χ4v) is 2.38. The maximum Gasteiger partial charge on any atom is 0.439 e. The van der Waals surface area contributed by atoms with Crippen molar-refractivity contribution in [1.82, 2.24) is 25.8 Å². The number of aromatic amines is 1. The van der Waals surface area contributed by atoms with E-state index in [-0.39, 0.29) is 48.8 Å². The number of rotatable bonds is 6. The maximum atomic E-state index is 12.4. The Kier molecular flexibility index (Phi) is 6.11. The van der Waals surface area contributed by atoms with Gasteiger partial charge in [-0.2, -0.15) is 0 Å². The lowest BCUT2D eigenvalue weighted by Crippen LogP contribution is -2.32. The van der Waals surface area contributed by atoms with Gasteiger partial charge in [0.25, 0.3) is 0 Å². The van der Waals surface area contributed by atoms with Gasteiger partial charge >= 0.3 is 5.76 Å². The van der Waals surface area contributed by atoms with Gasteiger partial charge in [0, 0.05) is 6.54 Å². The summed E-state index contributed by atoms with van der Waals surface area (Å²) in [6.45, 7) is -0.104. The number of anilines is 1. The van der Waals surface area contributed by atoms with Crippen LogP contribution in [0.3, 0.4) is 0 Å². The van der Waals surface area contributed by atoms with Gasteiger partial charge in [-0.15, -0.1) is 0 Å². The van der Waals surface area contributed by atoms with Crippen LogP contribution in [0.2, 0.25) is 0 Å². The summed E-state index contributed by atoms with van der Waals surface area (Å²) in [4.78, 5) is 24.4. The molecule has 4 N–H and O–H groups in total. The second kappa shape index (κ2) is 8.90. The Bertz CT molecular complexity index is 997. The summed E-state index contributed by atoms with van der Waals surface area (Å²) in [5.41, 5.74) is 2.62. The van der Waals surface area contributed by atoms with E-state index in [2.05, 4.69) is 40.2 Å². The molecule has 0 fully saturated rings. The first kappa shape index (κ1) is 19.2. The molecule has 1 aromatic carbocycles. The van der Waals surface area contributed by atoms with E-state index in [1.54, 1.807) is 6.07 Å². The Balaban J connectivity index is 0.000000206. The lowest BCUT2D eigenvalue weighted by molar-refractivity contribution is -0.119. The van der Waals surface area contributed by atoms with Gasteiger partial charge in [-0.05, 0) is 46.4 Å². The van der Waals surface area contributed by atoms with Crippen molar-refractivity contribution in [2.24, 2.45) is 0 Å². The van der Waals surface area contributed by atoms with Gasteiger partial charge < -0.3 is 15.7 Å². The number of fused-ring (bicyclic) bond motifs is 1. The zero-order valence-electron chi connectivity index (χ0n) is 14.6. The Hall–Kier alpha value is -3.54. The Morgan fingerprint density at radius 1 is 1.25 bits per heavy atom. The lowest BCUT2D eigenvalue weighted by atomic mass is 9.89. The predicted molar refractivity (Wildman–Crippen MR) is 92.8 cm³/mol. The second-order valence-electron chi connectivity index (χ2n) is 5.75. The number of H-pyrrole nitrogens is 1. The van der Waals surface area contributed by atoms with Crippen molar-refractivity contribution in [2.75, 3.05) is 25.0 Å². The molecular weight excluding hydrogens is 375 g/mol. The number of benzene rings is 1. The normalized spacial score (nSPS) is 11.6. The summed E-state index contributed by atoms with van der Waals surface area (Å²) < 4.78 is 21.2. The van der Waals surface area contributed by atoms with E-state index in [1.807, 2.05) is 6.07 Å². The number of aryl methyl sites for hydroxylation is 2. The molecule has 3 aromatic rings. The fraction of sp³-hybridized carbons (Fsp3) is 0.312. The highest BCUT2D eigenvalue weighted by Gasteiger charge is 2.17. The molecule has 28 heavy (non-hydrogen) atoms. The maximum absolute atomic E-state index is 12.4. The number of carbonyl (C=O) groups is 1. The first-order valence-electron chi connectivity index (χ1n) is 8.34. The van der Waals surface area contributed by atoms with Gasteiger partial charge in [0.05, 0.1) is 13.2 Å². The third kappa shape index (κ3) is 4.79. The second-order valence-corrected chi connectivity index (χ2v) is 5.75. The number of aliphatic hydroxyl groups excluding tert-OH is 1. The lowest BCUT2D eigenvalue weighted by Gasteiger charge is -2.17. The average Bonchev–Trinajstić information content (AvgIpc) is 3.30. The van der Waals surface area contributed by atoms with Crippen LogP contribution in [0.5, 0.6) is 0 Å². The Labute approximate surface area is 156 Å². The molecule has 0 radical (unpaired) electrons. The molecule has 1 aliphatic carbocycles. The number of hydrogen-bond acceptors (Lipinski definition) is 9. The molecule has 0 saturated heterocycles. The Morgan fingerprint density at radius 2 is 2.07 bits per heavy atom. The molecule has 0 unspecified atom stereocenters. The van der Waals surface area contributed by atoms with Crippen molar-refractivity contribution < 1.29 is 23.4 Å². The number of carbonyl (C=O) groups excluding carboxylic acids is 1. The van der Waals surface area contributed by atoms with Crippen LogP contribution in [0.1, 0.15) is 11.1 Å². The molecule has 0 aliphatic heterocycles. The summed E-state index contributed by atoms with van der Waals surface area (Å²) in [5.74, 6) is -1.04. The number of amides is 1. The number of aromatic nitrogens is 4. The number of aliphatic hydroxyl groups is 1. The fourth-order valence-electron chi connectivity index (χ4n) is 2.38. The van der Waals surface area contributed by atoms with Crippen molar-refractivity contribution in [2.45, 2.75) is 12.8 Å². The monoisotopic (exact) mass is 392 g/mol. The van der Waals surface area contributed by atoms with Crippen molar-refractivity contribution >= 4 is 11.7 Å². The highest BCUT2D eigenvalue weighted by Crippen LogP contribution is 2.22. The highest BCUT2D eigenvalue weighted by atomic mass is 19.1. The zero-order valence-corrected chi connectivity index (χ0v) is 14.6. The van der Waals surface area contributed by atoms with E-state index in [0.717, 1.165) is 12.8 Å². The van der Waals surface area contributed by atoms with Crippen LogP contribution in [0.15, 0.2) is 32.1 Å². The summed E-state index contributed by atoms with van der Waals surface area (Å²) in [6, 6.07) is 5.02. The molecule has 12 heteroatoms. The van der Waals surface area contributed by atoms with Gasteiger partial charge in [0.15, 0.2) is 5.69 Å². The van der Waals surface area contributed by atoms with E-state index < -0.39 is 5.76 Å². The summed E-state index contributed by atoms with van der Waals surface area (Å²) in [5, 5.41) is 24.1. The molecule has 148 valence electrons. The highest BCUT2D eigenvalue weighted by molar-refractivity contribution is 5.81. The number of hydrogen-bond donors (Lipinski definition) is 4. The number of halogens is 1. The molecule has 0 bridgehead atoms. The quantitative estimate of drug-likeness (QED) is 0.448. The van der Waals surface area contributed by atoms with Crippen LogP contribution in [-0.4, -0.2) is 51.2 Å². The third-order valence-corrected chi connectivity index (χ3v) is 3.84. The van der Waals surface area contributed by atoms with Gasteiger partial charge in [0.1, 0.15) is 5.82 Å². The molecule has 1 amide bonds. The van der Waals surface area contributed by atoms with Crippen molar-refractivity contribution in [3.63, 3.8) is 0 Å². The average molecular weight is 392 g/mol. The van der Waals surface area contributed by atoms with Crippen LogP contribution in [-0.2, 0) is 17.6 Å². The molecule has 0 spiro atoms. The molecule has 2 aromatic heterocycles. The SMILES string of the molecule is Fc1ccc2c(c1)CC2.O=C(CNc1nonc1-c1noc(=O)[nH]1)NCCO. The van der Waals surface area contributed by atoms with E-state index in [1.165, 1.54) is 17.2 Å². The predicted octanol–water partition coefficient (Wildman–Crippen LogP) is -0.142. The number of nitrogens with one attached hydrogen (secondary N) is 3. The Morgan fingerprint density at radius 3 is 2.68 bits per heavy atom. The van der Waals surface area contributed by atoms with Crippen LogP contribution in [0, 0.1) is 5.82 Å². The molecule has 4 rings (SSSR count). The standard InChI is InChI=1S/C8H7F.C8H10N6O5/c9-8-4-3-6-1-2-7(6)5-8;15-2-1-9-4(16)3-10-6-5(12-19-14-6)7-11-8(17)18-13-7/h3-5H,1-2H2;15H,1-3H2,(H,9,16)(H,10,14)(H,11,13,17). The molecular formula is C16H17FN6O5. The summed E-state index contributed by atoms with van der Waals surface area (Å²) >= 11 is 0. The smallest absolute Gasteiger partial charge is 0.395 e. The van der Waals surface area contributed by atoms with Gasteiger partial charge in [-0.1, -0.05) is 11.2 Å². The van der Waals surface area contributed by atoms with E-state index in [0.29, 0.717) is 0 Å². The van der Waals surface area contributed by atoms with Gasteiger partial charge in [-0.25, -0.2) is 13.8 Å². The first-order chi connectivity index (χ1) is 13.6. The van der Waals surface area contributed by atoms with Crippen molar-refractivity contribution in [3.05, 3.63) is 45.7 Å². The molecule has 11 nitrogen and oxygen atoms in total. The van der Waals surface area contributed by atoms with Crippen LogP contribution >= 0.6 is 0 Å². The molecule has 0 atom stereocenters. The van der Waals surface area contributed by atoms with Crippen molar-refractivity contribution in [3.8, 4) is 11.5 Å². The van der Waals surface area contributed by atoms with E-state index in [4.69, 9.17) is 5.11 Å². The first-order valence-corrected chi connectivity index (χ1v) is 8.34. The van der Waals surface area contributed by atoms with E-state index in [9.17, 15) is 14.0 Å². The summed E-state index contributed by atoms with van der Waals surface area (Å²) in [6.07, 6.45) is 2.20. The van der Waals surface area contributed by atoms with E-state index >= 15 is 0 Å². The van der Waals surface area contributed by atoms with Gasteiger partial charge in [-0.3, -0.25) is 14.3 Å². The molecule has 0 saturated carbocycles. The van der Waals surface area contributed by atoms with Crippen molar-refractivity contribution in [1.29, 1.82) is 0 Å².